The van der Waals surface area contributed by atoms with Crippen LogP contribution in [0.3, 0.4) is 0 Å². The van der Waals surface area contributed by atoms with Crippen molar-refractivity contribution < 1.29 is 42.9 Å². The zero-order valence-corrected chi connectivity index (χ0v) is 50.7. The highest BCUT2D eigenvalue weighted by molar-refractivity contribution is 5.70. The molecule has 75 heavy (non-hydrogen) atoms. The first-order chi connectivity index (χ1) is 36.6. The Balaban J connectivity index is 3.92. The minimum absolute atomic E-state index is 0.150. The second-order valence-corrected chi connectivity index (χ2v) is 23.8. The summed E-state index contributed by atoms with van der Waals surface area (Å²) in [5, 5.41) is 11.8. The van der Waals surface area contributed by atoms with Gasteiger partial charge < -0.3 is 33.3 Å². The molecular formula is C66H127NO8. The molecule has 9 heteroatoms. The molecule has 0 bridgehead atoms. The molecule has 0 saturated carbocycles. The van der Waals surface area contributed by atoms with Crippen LogP contribution >= 0.6 is 0 Å². The van der Waals surface area contributed by atoms with Crippen molar-refractivity contribution >= 4 is 17.9 Å². The van der Waals surface area contributed by atoms with E-state index in [2.05, 4.69) is 26.0 Å². The molecule has 0 rings (SSSR count). The second-order valence-electron chi connectivity index (χ2n) is 23.8. The molecule has 0 aliphatic carbocycles. The summed E-state index contributed by atoms with van der Waals surface area (Å²) in [6.45, 7) is 4.78. The Morgan fingerprint density at radius 3 is 0.987 bits per heavy atom. The van der Waals surface area contributed by atoms with Crippen LogP contribution in [-0.4, -0.2) is 82.3 Å². The normalized spacial score (nSPS) is 12.7. The van der Waals surface area contributed by atoms with E-state index in [1.807, 2.05) is 21.1 Å². The maximum absolute atomic E-state index is 12.8. The predicted molar refractivity (Wildman–Crippen MR) is 316 cm³/mol. The van der Waals surface area contributed by atoms with Crippen molar-refractivity contribution in [2.45, 2.75) is 347 Å². The number of aliphatic carboxylic acids is 1. The molecule has 0 aromatic rings. The highest BCUT2D eigenvalue weighted by Crippen LogP contribution is 2.19. The van der Waals surface area contributed by atoms with Gasteiger partial charge in [-0.15, -0.1) is 0 Å². The number of unbranched alkanes of at least 4 members (excludes halogenated alkanes) is 45. The Labute approximate surface area is 465 Å². The maximum Gasteiger partial charge on any atom is 0.306 e. The number of ether oxygens (including phenoxy) is 4. The van der Waals surface area contributed by atoms with E-state index in [0.29, 0.717) is 23.9 Å². The van der Waals surface area contributed by atoms with E-state index in [4.69, 9.17) is 18.9 Å². The summed E-state index contributed by atoms with van der Waals surface area (Å²) in [5.41, 5.74) is 0. The van der Waals surface area contributed by atoms with Gasteiger partial charge >= 0.3 is 11.9 Å². The van der Waals surface area contributed by atoms with Crippen molar-refractivity contribution in [2.24, 2.45) is 0 Å². The molecule has 0 heterocycles. The van der Waals surface area contributed by atoms with Gasteiger partial charge in [0.15, 0.2) is 12.4 Å². The lowest BCUT2D eigenvalue weighted by Gasteiger charge is -2.26. The zero-order chi connectivity index (χ0) is 54.8. The number of hydrogen-bond donors (Lipinski definition) is 0. The first-order valence-electron chi connectivity index (χ1n) is 32.8. The molecule has 0 aliphatic heterocycles. The SMILES string of the molecule is CCCCCCC/C=C\CCCCCCCC(=O)OC(COC(=O)CCCCCCCCCCCCCCCCCCCCCCCCCCCCCCCCCCCCCC)COC(OCC[N+](C)(C)C)C(=O)[O-]. The lowest BCUT2D eigenvalue weighted by Crippen LogP contribution is -2.44. The molecule has 0 radical (unpaired) electrons. The number of nitrogens with zero attached hydrogens (tertiary/aromatic N) is 1. The summed E-state index contributed by atoms with van der Waals surface area (Å²) < 4.78 is 22.7. The quantitative estimate of drug-likeness (QED) is 0.0195. The van der Waals surface area contributed by atoms with E-state index in [9.17, 15) is 19.5 Å². The number of carbonyl (C=O) groups excluding carboxylic acids is 3. The monoisotopic (exact) mass is 1060 g/mol. The van der Waals surface area contributed by atoms with Crippen molar-refractivity contribution in [2.75, 3.05) is 47.5 Å². The Morgan fingerprint density at radius 1 is 0.387 bits per heavy atom. The number of carboxylic acid groups (broad SMARTS) is 1. The average molecular weight is 1060 g/mol. The molecular weight excluding hydrogens is 935 g/mol. The van der Waals surface area contributed by atoms with Gasteiger partial charge in [-0.25, -0.2) is 0 Å². The van der Waals surface area contributed by atoms with E-state index < -0.39 is 24.3 Å². The zero-order valence-electron chi connectivity index (χ0n) is 50.7. The van der Waals surface area contributed by atoms with Gasteiger partial charge in [0.05, 0.1) is 40.3 Å². The van der Waals surface area contributed by atoms with Crippen LogP contribution in [0.15, 0.2) is 12.2 Å². The molecule has 2 unspecified atom stereocenters. The van der Waals surface area contributed by atoms with Crippen LogP contribution in [0.5, 0.6) is 0 Å². The largest absolute Gasteiger partial charge is 0.545 e. The third-order valence-corrected chi connectivity index (χ3v) is 15.0. The average Bonchev–Trinajstić information content (AvgIpc) is 3.38. The Kier molecular flexibility index (Phi) is 56.7. The van der Waals surface area contributed by atoms with Crippen molar-refractivity contribution in [3.05, 3.63) is 12.2 Å². The summed E-state index contributed by atoms with van der Waals surface area (Å²) in [4.78, 5) is 37.3. The summed E-state index contributed by atoms with van der Waals surface area (Å²) in [6.07, 6.45) is 66.0. The standard InChI is InChI=1S/C66H127NO8/c1-6-8-10-12-14-16-18-20-22-23-24-25-26-27-28-29-30-31-32-33-34-35-36-37-38-39-40-41-42-43-45-46-48-50-52-54-56-63(68)73-60-62(61-74-66(65(70)71)72-59-58-67(3,4)5)75-64(69)57-55-53-51-49-47-44-21-19-17-15-13-11-9-7-2/h19,21,62,66H,6-18,20,22-61H2,1-5H3/b21-19-. The number of hydrogen-bond acceptors (Lipinski definition) is 8. The van der Waals surface area contributed by atoms with E-state index in [-0.39, 0.29) is 32.2 Å². The smallest absolute Gasteiger partial charge is 0.306 e. The number of esters is 2. The number of likely N-dealkylation sites (N-methyl/N-ethyl adjacent to an activating group) is 1. The van der Waals surface area contributed by atoms with Gasteiger partial charge in [-0.2, -0.15) is 0 Å². The van der Waals surface area contributed by atoms with Gasteiger partial charge in [0.1, 0.15) is 13.2 Å². The van der Waals surface area contributed by atoms with Gasteiger partial charge in [-0.3, -0.25) is 9.59 Å². The molecule has 0 N–H and O–H groups in total. The van der Waals surface area contributed by atoms with Crippen LogP contribution in [0.2, 0.25) is 0 Å². The summed E-state index contributed by atoms with van der Waals surface area (Å²) >= 11 is 0. The molecule has 2 atom stereocenters. The lowest BCUT2D eigenvalue weighted by molar-refractivity contribution is -0.870. The fourth-order valence-electron chi connectivity index (χ4n) is 9.95. The number of carbonyl (C=O) groups is 3. The molecule has 0 fully saturated rings. The number of quaternary nitrogens is 1. The number of allylic oxidation sites excluding steroid dienone is 2. The summed E-state index contributed by atoms with van der Waals surface area (Å²) in [7, 11) is 5.93. The van der Waals surface area contributed by atoms with E-state index >= 15 is 0 Å². The Morgan fingerprint density at radius 2 is 0.680 bits per heavy atom. The third-order valence-electron chi connectivity index (χ3n) is 15.0. The molecule has 0 aromatic heterocycles. The first kappa shape index (κ1) is 73.0. The predicted octanol–water partition coefficient (Wildman–Crippen LogP) is 18.4. The van der Waals surface area contributed by atoms with E-state index in [1.54, 1.807) is 0 Å². The van der Waals surface area contributed by atoms with Crippen LogP contribution in [0, 0.1) is 0 Å². The van der Waals surface area contributed by atoms with Gasteiger partial charge in [0, 0.05) is 12.8 Å². The van der Waals surface area contributed by atoms with Gasteiger partial charge in [-0.05, 0) is 38.5 Å². The van der Waals surface area contributed by atoms with Crippen molar-refractivity contribution in [1.29, 1.82) is 0 Å². The van der Waals surface area contributed by atoms with Crippen LogP contribution in [0.4, 0.5) is 0 Å². The molecule has 0 aliphatic rings. The second kappa shape index (κ2) is 58.2. The van der Waals surface area contributed by atoms with Crippen molar-refractivity contribution in [1.82, 2.24) is 0 Å². The summed E-state index contributed by atoms with van der Waals surface area (Å²) in [5.74, 6) is -2.27. The minimum Gasteiger partial charge on any atom is -0.545 e. The molecule has 0 amide bonds. The lowest BCUT2D eigenvalue weighted by atomic mass is 10.0. The van der Waals surface area contributed by atoms with Crippen LogP contribution < -0.4 is 5.11 Å². The topological polar surface area (TPSA) is 111 Å². The van der Waals surface area contributed by atoms with E-state index in [1.165, 1.54) is 250 Å². The highest BCUT2D eigenvalue weighted by Gasteiger charge is 2.22. The fourth-order valence-corrected chi connectivity index (χ4v) is 9.95. The Bertz CT molecular complexity index is 1240. The van der Waals surface area contributed by atoms with E-state index in [0.717, 1.165) is 51.4 Å². The maximum atomic E-state index is 12.8. The van der Waals surface area contributed by atoms with Gasteiger partial charge in [0.2, 0.25) is 0 Å². The molecule has 0 spiro atoms. The van der Waals surface area contributed by atoms with Crippen LogP contribution in [-0.2, 0) is 33.3 Å². The van der Waals surface area contributed by atoms with Gasteiger partial charge in [0.25, 0.3) is 0 Å². The fraction of sp³-hybridized carbons (Fsp3) is 0.924. The van der Waals surface area contributed by atoms with Crippen molar-refractivity contribution in [3.8, 4) is 0 Å². The van der Waals surface area contributed by atoms with Gasteiger partial charge in [-0.1, -0.05) is 296 Å². The first-order valence-corrected chi connectivity index (χ1v) is 32.8. The van der Waals surface area contributed by atoms with Crippen LogP contribution in [0.25, 0.3) is 0 Å². The van der Waals surface area contributed by atoms with Crippen LogP contribution in [0.1, 0.15) is 335 Å². The minimum atomic E-state index is -1.62. The Hall–Kier alpha value is -1.97. The third kappa shape index (κ3) is 59.5. The molecule has 9 nitrogen and oxygen atoms in total. The highest BCUT2D eigenvalue weighted by atomic mass is 16.7. The number of rotatable bonds is 62. The van der Waals surface area contributed by atoms with Crippen molar-refractivity contribution in [3.63, 3.8) is 0 Å². The molecule has 0 aromatic carbocycles. The number of carboxylic acids is 1. The summed E-state index contributed by atoms with van der Waals surface area (Å²) in [6, 6.07) is 0. The molecule has 444 valence electrons. The molecule has 0 saturated heterocycles.